The number of halogens is 1. The van der Waals surface area contributed by atoms with E-state index in [1.54, 1.807) is 12.1 Å². The standard InChI is InChI=1S/C18H29N3O3S.ClH/c1-4-20(5-2)25(23,24)16-11-9-15(10-12-16)18(22)21-13-7-6-8-17(21)14(3)19;/h9-12,14,17H,4-8,13,19H2,1-3H3;1H. The molecule has 8 heteroatoms. The predicted octanol–water partition coefficient (Wildman–Crippen LogP) is 2.48. The maximum absolute atomic E-state index is 12.8. The third-order valence-electron chi connectivity index (χ3n) is 4.86. The quantitative estimate of drug-likeness (QED) is 0.790. The Morgan fingerprint density at radius 1 is 1.23 bits per heavy atom. The van der Waals surface area contributed by atoms with Crippen molar-refractivity contribution in [1.29, 1.82) is 0 Å². The average Bonchev–Trinajstić information content (AvgIpc) is 2.62. The van der Waals surface area contributed by atoms with E-state index >= 15 is 0 Å². The van der Waals surface area contributed by atoms with Gasteiger partial charge in [-0.3, -0.25) is 4.79 Å². The Kier molecular flexibility index (Phi) is 8.53. The number of carbonyl (C=O) groups is 1. The van der Waals surface area contributed by atoms with E-state index in [1.165, 1.54) is 16.4 Å². The zero-order chi connectivity index (χ0) is 18.6. The predicted molar refractivity (Wildman–Crippen MR) is 106 cm³/mol. The second-order valence-electron chi connectivity index (χ2n) is 6.53. The van der Waals surface area contributed by atoms with Gasteiger partial charge in [-0.15, -0.1) is 12.4 Å². The van der Waals surface area contributed by atoms with Gasteiger partial charge in [0.05, 0.1) is 4.90 Å². The van der Waals surface area contributed by atoms with E-state index in [0.29, 0.717) is 25.2 Å². The number of likely N-dealkylation sites (tertiary alicyclic amines) is 1. The van der Waals surface area contributed by atoms with Gasteiger partial charge in [-0.1, -0.05) is 13.8 Å². The summed E-state index contributed by atoms with van der Waals surface area (Å²) in [7, 11) is -3.50. The molecule has 0 radical (unpaired) electrons. The van der Waals surface area contributed by atoms with E-state index < -0.39 is 10.0 Å². The van der Waals surface area contributed by atoms with Crippen molar-refractivity contribution in [2.75, 3.05) is 19.6 Å². The van der Waals surface area contributed by atoms with Crippen LogP contribution in [0.25, 0.3) is 0 Å². The molecule has 1 heterocycles. The van der Waals surface area contributed by atoms with Gasteiger partial charge < -0.3 is 10.6 Å². The minimum absolute atomic E-state index is 0. The highest BCUT2D eigenvalue weighted by atomic mass is 35.5. The van der Waals surface area contributed by atoms with Crippen LogP contribution in [0.3, 0.4) is 0 Å². The first-order valence-corrected chi connectivity index (χ1v) is 10.4. The van der Waals surface area contributed by atoms with Crippen LogP contribution in [0, 0.1) is 0 Å². The van der Waals surface area contributed by atoms with E-state index in [2.05, 4.69) is 0 Å². The minimum atomic E-state index is -3.50. The fourth-order valence-corrected chi connectivity index (χ4v) is 4.86. The van der Waals surface area contributed by atoms with Crippen molar-refractivity contribution in [1.82, 2.24) is 9.21 Å². The lowest BCUT2D eigenvalue weighted by atomic mass is 9.96. The molecule has 0 bridgehead atoms. The molecular formula is C18H30ClN3O3S. The minimum Gasteiger partial charge on any atom is -0.334 e. The van der Waals surface area contributed by atoms with Crippen molar-refractivity contribution < 1.29 is 13.2 Å². The molecule has 0 spiro atoms. The van der Waals surface area contributed by atoms with Crippen LogP contribution in [0.5, 0.6) is 0 Å². The molecule has 148 valence electrons. The Morgan fingerprint density at radius 2 is 1.81 bits per heavy atom. The molecule has 1 fully saturated rings. The summed E-state index contributed by atoms with van der Waals surface area (Å²) in [6.07, 6.45) is 2.97. The summed E-state index contributed by atoms with van der Waals surface area (Å²) in [5, 5.41) is 0. The van der Waals surface area contributed by atoms with E-state index in [0.717, 1.165) is 19.3 Å². The lowest BCUT2D eigenvalue weighted by Crippen LogP contribution is -2.51. The van der Waals surface area contributed by atoms with E-state index in [-0.39, 0.29) is 35.3 Å². The number of rotatable bonds is 6. The highest BCUT2D eigenvalue weighted by Gasteiger charge is 2.30. The molecule has 1 aromatic rings. The Morgan fingerprint density at radius 3 is 2.31 bits per heavy atom. The number of carbonyl (C=O) groups excluding carboxylic acids is 1. The molecule has 1 saturated heterocycles. The van der Waals surface area contributed by atoms with Gasteiger partial charge >= 0.3 is 0 Å². The van der Waals surface area contributed by atoms with E-state index in [4.69, 9.17) is 5.73 Å². The first-order chi connectivity index (χ1) is 11.8. The van der Waals surface area contributed by atoms with Gasteiger partial charge in [-0.05, 0) is 50.5 Å². The summed E-state index contributed by atoms with van der Waals surface area (Å²) in [6, 6.07) is 6.21. The summed E-state index contributed by atoms with van der Waals surface area (Å²) in [5.74, 6) is -0.0752. The molecule has 1 aliphatic heterocycles. The highest BCUT2D eigenvalue weighted by Crippen LogP contribution is 2.23. The molecular weight excluding hydrogens is 374 g/mol. The van der Waals surface area contributed by atoms with E-state index in [1.807, 2.05) is 25.7 Å². The normalized spacial score (nSPS) is 19.1. The average molecular weight is 404 g/mol. The fourth-order valence-electron chi connectivity index (χ4n) is 3.40. The highest BCUT2D eigenvalue weighted by molar-refractivity contribution is 7.89. The second kappa shape index (κ2) is 9.69. The molecule has 1 aromatic carbocycles. The van der Waals surface area contributed by atoms with Crippen LogP contribution in [0.1, 0.15) is 50.4 Å². The van der Waals surface area contributed by atoms with Crippen LogP contribution in [0.2, 0.25) is 0 Å². The van der Waals surface area contributed by atoms with Gasteiger partial charge in [-0.2, -0.15) is 4.31 Å². The summed E-state index contributed by atoms with van der Waals surface area (Å²) < 4.78 is 26.5. The summed E-state index contributed by atoms with van der Waals surface area (Å²) in [4.78, 5) is 14.9. The lowest BCUT2D eigenvalue weighted by molar-refractivity contribution is 0.0583. The van der Waals surface area contributed by atoms with Crippen molar-refractivity contribution in [3.8, 4) is 0 Å². The van der Waals surface area contributed by atoms with Gasteiger partial charge in [0.25, 0.3) is 5.91 Å². The van der Waals surface area contributed by atoms with Gasteiger partial charge in [0.15, 0.2) is 0 Å². The Bertz CT molecular complexity index is 688. The molecule has 6 nitrogen and oxygen atoms in total. The van der Waals surface area contributed by atoms with Crippen LogP contribution in [0.15, 0.2) is 29.2 Å². The van der Waals surface area contributed by atoms with Crippen molar-refractivity contribution >= 4 is 28.3 Å². The summed E-state index contributed by atoms with van der Waals surface area (Å²) in [5.41, 5.74) is 6.55. The summed E-state index contributed by atoms with van der Waals surface area (Å²) >= 11 is 0. The van der Waals surface area contributed by atoms with Crippen LogP contribution in [-0.2, 0) is 10.0 Å². The molecule has 1 aliphatic rings. The van der Waals surface area contributed by atoms with Crippen molar-refractivity contribution in [3.05, 3.63) is 29.8 Å². The molecule has 2 rings (SSSR count). The number of hydrogen-bond donors (Lipinski definition) is 1. The van der Waals surface area contributed by atoms with Crippen LogP contribution in [0.4, 0.5) is 0 Å². The SMILES string of the molecule is CCN(CC)S(=O)(=O)c1ccc(C(=O)N2CCCCC2C(C)N)cc1.Cl. The van der Waals surface area contributed by atoms with Crippen molar-refractivity contribution in [2.45, 2.75) is 57.0 Å². The number of hydrogen-bond acceptors (Lipinski definition) is 4. The Labute approximate surface area is 163 Å². The van der Waals surface area contributed by atoms with E-state index in [9.17, 15) is 13.2 Å². The second-order valence-corrected chi connectivity index (χ2v) is 8.47. The van der Waals surface area contributed by atoms with Crippen LogP contribution in [-0.4, -0.2) is 55.2 Å². The van der Waals surface area contributed by atoms with Gasteiger partial charge in [0.1, 0.15) is 0 Å². The summed E-state index contributed by atoms with van der Waals surface area (Å²) in [6.45, 7) is 7.08. The van der Waals surface area contributed by atoms with Gasteiger partial charge in [-0.25, -0.2) is 8.42 Å². The smallest absolute Gasteiger partial charge is 0.254 e. The zero-order valence-electron chi connectivity index (χ0n) is 15.7. The Hall–Kier alpha value is -1.15. The van der Waals surface area contributed by atoms with Gasteiger partial charge in [0, 0.05) is 37.3 Å². The largest absolute Gasteiger partial charge is 0.334 e. The zero-order valence-corrected chi connectivity index (χ0v) is 17.4. The number of sulfonamides is 1. The molecule has 2 N–H and O–H groups in total. The number of amides is 1. The number of piperidine rings is 1. The third kappa shape index (κ3) is 4.76. The first-order valence-electron chi connectivity index (χ1n) is 8.99. The topological polar surface area (TPSA) is 83.7 Å². The molecule has 0 aromatic heterocycles. The molecule has 0 saturated carbocycles. The number of nitrogens with two attached hydrogens (primary N) is 1. The Balaban J connectivity index is 0.00000338. The molecule has 1 amide bonds. The van der Waals surface area contributed by atoms with Crippen molar-refractivity contribution in [2.24, 2.45) is 5.73 Å². The molecule has 26 heavy (non-hydrogen) atoms. The number of benzene rings is 1. The van der Waals surface area contributed by atoms with Gasteiger partial charge in [0.2, 0.25) is 10.0 Å². The lowest BCUT2D eigenvalue weighted by Gasteiger charge is -2.38. The van der Waals surface area contributed by atoms with Crippen LogP contribution < -0.4 is 5.73 Å². The van der Waals surface area contributed by atoms with Crippen LogP contribution >= 0.6 is 12.4 Å². The fraction of sp³-hybridized carbons (Fsp3) is 0.611. The monoisotopic (exact) mass is 403 g/mol. The molecule has 2 atom stereocenters. The van der Waals surface area contributed by atoms with Crippen molar-refractivity contribution in [3.63, 3.8) is 0 Å². The number of nitrogens with zero attached hydrogens (tertiary/aromatic N) is 2. The first kappa shape index (κ1) is 22.9. The maximum Gasteiger partial charge on any atom is 0.254 e. The molecule has 2 unspecified atom stereocenters. The third-order valence-corrected chi connectivity index (χ3v) is 6.93. The maximum atomic E-state index is 12.8. The molecule has 0 aliphatic carbocycles.